The van der Waals surface area contributed by atoms with E-state index in [-0.39, 0.29) is 24.7 Å². The van der Waals surface area contributed by atoms with E-state index in [1.165, 1.54) is 0 Å². The first-order chi connectivity index (χ1) is 12.5. The number of carbonyl (C=O) groups is 2. The summed E-state index contributed by atoms with van der Waals surface area (Å²) in [6.07, 6.45) is 0.0846. The third kappa shape index (κ3) is 6.22. The summed E-state index contributed by atoms with van der Waals surface area (Å²) in [7, 11) is 1.60. The van der Waals surface area contributed by atoms with Crippen LogP contribution in [-0.4, -0.2) is 24.6 Å². The Morgan fingerprint density at radius 3 is 2.42 bits per heavy atom. The molecule has 0 atom stereocenters. The maximum absolute atomic E-state index is 11.9. The quantitative estimate of drug-likeness (QED) is 0.574. The molecule has 2 rings (SSSR count). The molecule has 2 amide bonds. The number of hydrazone groups is 1. The van der Waals surface area contributed by atoms with Crippen LogP contribution in [0.5, 0.6) is 5.75 Å². The van der Waals surface area contributed by atoms with Gasteiger partial charge in [-0.25, -0.2) is 5.43 Å². The molecule has 0 bridgehead atoms. The summed E-state index contributed by atoms with van der Waals surface area (Å²) in [6.45, 7) is 1.79. The number of hydrogen-bond donors (Lipinski definition) is 2. The summed E-state index contributed by atoms with van der Waals surface area (Å²) in [5, 5.41) is 7.27. The minimum Gasteiger partial charge on any atom is -0.497 e. The third-order valence-electron chi connectivity index (χ3n) is 3.54. The molecule has 2 N–H and O–H groups in total. The van der Waals surface area contributed by atoms with Crippen LogP contribution in [0.3, 0.4) is 0 Å². The van der Waals surface area contributed by atoms with Gasteiger partial charge in [0.2, 0.25) is 11.8 Å². The van der Waals surface area contributed by atoms with Crippen molar-refractivity contribution in [2.45, 2.75) is 19.8 Å². The van der Waals surface area contributed by atoms with Gasteiger partial charge in [-0.15, -0.1) is 0 Å². The number of anilines is 1. The van der Waals surface area contributed by atoms with E-state index in [1.54, 1.807) is 38.3 Å². The zero-order chi connectivity index (χ0) is 18.9. The van der Waals surface area contributed by atoms with E-state index in [2.05, 4.69) is 15.8 Å². The summed E-state index contributed by atoms with van der Waals surface area (Å²) < 4.78 is 5.10. The van der Waals surface area contributed by atoms with E-state index in [0.717, 1.165) is 11.3 Å². The topological polar surface area (TPSA) is 79.8 Å². The van der Waals surface area contributed by atoms with Gasteiger partial charge in [-0.1, -0.05) is 17.7 Å². The molecule has 7 heteroatoms. The fourth-order valence-corrected chi connectivity index (χ4v) is 2.31. The number of carbonyl (C=O) groups excluding carboxylic acids is 2. The van der Waals surface area contributed by atoms with Crippen LogP contribution in [0.1, 0.15) is 25.3 Å². The summed E-state index contributed by atoms with van der Waals surface area (Å²) >= 11 is 5.86. The minimum atomic E-state index is -0.334. The van der Waals surface area contributed by atoms with Gasteiger partial charge in [-0.3, -0.25) is 9.59 Å². The Bertz CT molecular complexity index is 804. The average molecular weight is 374 g/mol. The monoisotopic (exact) mass is 373 g/mol. The molecular formula is C19H20ClN3O3. The van der Waals surface area contributed by atoms with E-state index in [4.69, 9.17) is 16.3 Å². The summed E-state index contributed by atoms with van der Waals surface area (Å²) in [5.74, 6) is 0.147. The lowest BCUT2D eigenvalue weighted by Crippen LogP contribution is -2.21. The van der Waals surface area contributed by atoms with E-state index in [0.29, 0.717) is 16.4 Å². The molecule has 0 heterocycles. The number of hydrogen-bond acceptors (Lipinski definition) is 4. The zero-order valence-corrected chi connectivity index (χ0v) is 15.3. The molecule has 0 saturated carbocycles. The first-order valence-electron chi connectivity index (χ1n) is 8.01. The molecule has 0 fully saturated rings. The Morgan fingerprint density at radius 2 is 1.77 bits per heavy atom. The van der Waals surface area contributed by atoms with Gasteiger partial charge in [0, 0.05) is 23.6 Å². The molecule has 6 nitrogen and oxygen atoms in total. The highest BCUT2D eigenvalue weighted by Crippen LogP contribution is 2.15. The molecule has 2 aromatic rings. The lowest BCUT2D eigenvalue weighted by Gasteiger charge is -2.06. The number of amides is 2. The van der Waals surface area contributed by atoms with Gasteiger partial charge in [0.15, 0.2) is 0 Å². The molecule has 0 aliphatic heterocycles. The van der Waals surface area contributed by atoms with Crippen LogP contribution in [0.2, 0.25) is 5.02 Å². The van der Waals surface area contributed by atoms with Gasteiger partial charge in [-0.05, 0) is 55.0 Å². The Balaban J connectivity index is 1.79. The van der Waals surface area contributed by atoms with Gasteiger partial charge >= 0.3 is 0 Å². The predicted octanol–water partition coefficient (Wildman–Crippen LogP) is 3.61. The highest BCUT2D eigenvalue weighted by molar-refractivity contribution is 6.30. The van der Waals surface area contributed by atoms with Crippen LogP contribution < -0.4 is 15.5 Å². The van der Waals surface area contributed by atoms with Gasteiger partial charge in [0.25, 0.3) is 0 Å². The maximum Gasteiger partial charge on any atom is 0.240 e. The average Bonchev–Trinajstić information content (AvgIpc) is 2.64. The molecule has 0 spiro atoms. The molecule has 0 saturated heterocycles. The maximum atomic E-state index is 11.9. The van der Waals surface area contributed by atoms with Gasteiger partial charge < -0.3 is 10.1 Å². The molecule has 0 aliphatic rings. The molecule has 0 aliphatic carbocycles. The van der Waals surface area contributed by atoms with Crippen LogP contribution in [0.4, 0.5) is 5.69 Å². The van der Waals surface area contributed by atoms with Crippen molar-refractivity contribution < 1.29 is 14.3 Å². The van der Waals surface area contributed by atoms with Crippen molar-refractivity contribution >= 4 is 34.8 Å². The summed E-state index contributed by atoms with van der Waals surface area (Å²) in [6, 6.07) is 14.2. The number of methoxy groups -OCH3 is 1. The van der Waals surface area contributed by atoms with E-state index in [9.17, 15) is 9.59 Å². The lowest BCUT2D eigenvalue weighted by atomic mass is 10.1. The lowest BCUT2D eigenvalue weighted by molar-refractivity contribution is -0.124. The molecule has 26 heavy (non-hydrogen) atoms. The van der Waals surface area contributed by atoms with Crippen molar-refractivity contribution in [3.63, 3.8) is 0 Å². The Kier molecular flexibility index (Phi) is 7.17. The SMILES string of the molecule is COc1ccc(/C(C)=N\NC(=O)CCC(=O)Nc2cccc(Cl)c2)cc1. The Hall–Kier alpha value is -2.86. The van der Waals surface area contributed by atoms with Crippen LogP contribution >= 0.6 is 11.6 Å². The van der Waals surface area contributed by atoms with Crippen LogP contribution in [0, 0.1) is 0 Å². The van der Waals surface area contributed by atoms with Crippen molar-refractivity contribution in [1.82, 2.24) is 5.43 Å². The Morgan fingerprint density at radius 1 is 1.08 bits per heavy atom. The normalized spacial score (nSPS) is 11.0. The Labute approximate surface area is 157 Å². The molecule has 0 unspecified atom stereocenters. The van der Waals surface area contributed by atoms with Crippen LogP contribution in [-0.2, 0) is 9.59 Å². The minimum absolute atomic E-state index is 0.0335. The van der Waals surface area contributed by atoms with Crippen molar-refractivity contribution in [2.24, 2.45) is 5.10 Å². The van der Waals surface area contributed by atoms with Gasteiger partial charge in [-0.2, -0.15) is 5.10 Å². The summed E-state index contributed by atoms with van der Waals surface area (Å²) in [4.78, 5) is 23.7. The predicted molar refractivity (Wildman–Crippen MR) is 103 cm³/mol. The number of benzene rings is 2. The summed E-state index contributed by atoms with van der Waals surface area (Å²) in [5.41, 5.74) is 4.57. The first kappa shape index (κ1) is 19.5. The molecule has 0 radical (unpaired) electrons. The standard InChI is InChI=1S/C19H20ClN3O3/c1-13(14-6-8-17(26-2)9-7-14)22-23-19(25)11-10-18(24)21-16-5-3-4-15(20)12-16/h3-9,12H,10-11H2,1-2H3,(H,21,24)(H,23,25)/b22-13-. The van der Waals surface area contributed by atoms with E-state index >= 15 is 0 Å². The zero-order valence-electron chi connectivity index (χ0n) is 14.6. The fourth-order valence-electron chi connectivity index (χ4n) is 2.12. The van der Waals surface area contributed by atoms with Gasteiger partial charge in [0.05, 0.1) is 12.8 Å². The van der Waals surface area contributed by atoms with Crippen molar-refractivity contribution in [3.05, 3.63) is 59.1 Å². The number of rotatable bonds is 7. The number of nitrogens with zero attached hydrogens (tertiary/aromatic N) is 1. The highest BCUT2D eigenvalue weighted by atomic mass is 35.5. The number of ether oxygens (including phenoxy) is 1. The highest BCUT2D eigenvalue weighted by Gasteiger charge is 2.07. The largest absolute Gasteiger partial charge is 0.497 e. The fraction of sp³-hybridized carbons (Fsp3) is 0.211. The van der Waals surface area contributed by atoms with Crippen LogP contribution in [0.25, 0.3) is 0 Å². The van der Waals surface area contributed by atoms with E-state index in [1.807, 2.05) is 24.3 Å². The van der Waals surface area contributed by atoms with Gasteiger partial charge in [0.1, 0.15) is 5.75 Å². The molecule has 2 aromatic carbocycles. The van der Waals surface area contributed by atoms with Crippen molar-refractivity contribution in [1.29, 1.82) is 0 Å². The second-order valence-electron chi connectivity index (χ2n) is 5.52. The third-order valence-corrected chi connectivity index (χ3v) is 3.78. The van der Waals surface area contributed by atoms with Crippen molar-refractivity contribution in [3.8, 4) is 5.75 Å². The second-order valence-corrected chi connectivity index (χ2v) is 5.96. The molecular weight excluding hydrogens is 354 g/mol. The van der Waals surface area contributed by atoms with Crippen LogP contribution in [0.15, 0.2) is 53.6 Å². The first-order valence-corrected chi connectivity index (χ1v) is 8.38. The smallest absolute Gasteiger partial charge is 0.240 e. The second kappa shape index (κ2) is 9.58. The van der Waals surface area contributed by atoms with Crippen molar-refractivity contribution in [2.75, 3.05) is 12.4 Å². The number of nitrogens with one attached hydrogen (secondary N) is 2. The molecule has 136 valence electrons. The molecule has 0 aromatic heterocycles. The van der Waals surface area contributed by atoms with E-state index < -0.39 is 0 Å². The number of halogens is 1.